The Morgan fingerprint density at radius 2 is 0.640 bits per heavy atom. The third-order valence-electron chi connectivity index (χ3n) is 21.0. The van der Waals surface area contributed by atoms with Gasteiger partial charge in [-0.1, -0.05) is 340 Å². The van der Waals surface area contributed by atoms with E-state index in [-0.39, 0.29) is 18.9 Å². The first-order valence-corrected chi connectivity index (χ1v) is 41.6. The number of hydrogen-bond donors (Lipinski definition) is 12. The SMILES string of the molecule is CCCCCCCCCCCCCCCCCCCCCCCCCCCCC/C=C/CC/C=C/C(O)C(COC1OC(CO)C(OC2OC(CO)C(OC3OC(CO)C(O)C(O)C3O)C(O)C2O)C(O)C1O)NC(=O)CCCCCCCCCCCCCCCCCCCCCCCC. The lowest BCUT2D eigenvalue weighted by molar-refractivity contribution is -0.379. The van der Waals surface area contributed by atoms with Crippen LogP contribution in [0, 0.1) is 0 Å². The summed E-state index contributed by atoms with van der Waals surface area (Å²) < 4.78 is 34.5. The van der Waals surface area contributed by atoms with Crippen LogP contribution in [0.1, 0.15) is 354 Å². The number of amides is 1. The van der Waals surface area contributed by atoms with Crippen molar-refractivity contribution in [1.82, 2.24) is 5.32 Å². The molecule has 3 aliphatic heterocycles. The van der Waals surface area contributed by atoms with Crippen molar-refractivity contribution in [2.45, 2.75) is 458 Å². The normalized spacial score (nSPS) is 26.5. The van der Waals surface area contributed by atoms with Gasteiger partial charge in [0, 0.05) is 6.42 Å². The van der Waals surface area contributed by atoms with Crippen molar-refractivity contribution < 1.29 is 89.4 Å². The number of allylic oxidation sites excluding steroid dienone is 3. The van der Waals surface area contributed by atoms with Gasteiger partial charge in [-0.2, -0.15) is 0 Å². The van der Waals surface area contributed by atoms with Gasteiger partial charge in [0.05, 0.1) is 38.6 Å². The Kier molecular flexibility index (Phi) is 57.6. The third-order valence-corrected chi connectivity index (χ3v) is 21.0. The summed E-state index contributed by atoms with van der Waals surface area (Å²) in [6.07, 6.45) is 49.0. The first-order valence-electron chi connectivity index (χ1n) is 41.6. The molecule has 0 aromatic carbocycles. The number of unbranched alkanes of at least 4 members (excludes halogenated alkanes) is 49. The molecule has 3 rings (SSSR count). The maximum absolute atomic E-state index is 13.5. The molecule has 3 heterocycles. The van der Waals surface area contributed by atoms with Crippen molar-refractivity contribution >= 4 is 5.91 Å². The molecule has 12 N–H and O–H groups in total. The van der Waals surface area contributed by atoms with Gasteiger partial charge in [0.25, 0.3) is 0 Å². The Morgan fingerprint density at radius 3 is 1.00 bits per heavy atom. The second-order valence-electron chi connectivity index (χ2n) is 29.9. The maximum atomic E-state index is 13.5. The van der Waals surface area contributed by atoms with E-state index in [4.69, 9.17) is 28.4 Å². The molecule has 19 nitrogen and oxygen atoms in total. The summed E-state index contributed by atoms with van der Waals surface area (Å²) in [4.78, 5) is 13.5. The number of ether oxygens (including phenoxy) is 6. The fraction of sp³-hybridized carbons (Fsp3) is 0.938. The highest BCUT2D eigenvalue weighted by atomic mass is 16.8. The summed E-state index contributed by atoms with van der Waals surface area (Å²) in [5.74, 6) is -0.277. The average Bonchev–Trinajstić information content (AvgIpc) is 0.783. The van der Waals surface area contributed by atoms with Crippen LogP contribution in [0.25, 0.3) is 0 Å². The van der Waals surface area contributed by atoms with Crippen LogP contribution in [-0.2, 0) is 33.2 Å². The van der Waals surface area contributed by atoms with E-state index >= 15 is 0 Å². The minimum absolute atomic E-state index is 0.241. The Balaban J connectivity index is 1.37. The minimum Gasteiger partial charge on any atom is -0.394 e. The molecule has 590 valence electrons. The Hall–Kier alpha value is -1.73. The van der Waals surface area contributed by atoms with Crippen molar-refractivity contribution in [2.75, 3.05) is 26.4 Å². The largest absolute Gasteiger partial charge is 0.394 e. The zero-order valence-corrected chi connectivity index (χ0v) is 63.2. The van der Waals surface area contributed by atoms with Crippen molar-refractivity contribution in [3.8, 4) is 0 Å². The van der Waals surface area contributed by atoms with Crippen molar-refractivity contribution in [1.29, 1.82) is 0 Å². The highest BCUT2D eigenvalue weighted by molar-refractivity contribution is 5.76. The number of aliphatic hydroxyl groups is 11. The van der Waals surface area contributed by atoms with Crippen LogP contribution in [0.15, 0.2) is 24.3 Å². The molecule has 0 aromatic heterocycles. The second-order valence-corrected chi connectivity index (χ2v) is 29.9. The van der Waals surface area contributed by atoms with Gasteiger partial charge in [-0.3, -0.25) is 4.79 Å². The lowest BCUT2D eigenvalue weighted by atomic mass is 9.96. The van der Waals surface area contributed by atoms with Crippen LogP contribution >= 0.6 is 0 Å². The van der Waals surface area contributed by atoms with Crippen molar-refractivity contribution in [3.05, 3.63) is 24.3 Å². The van der Waals surface area contributed by atoms with Crippen LogP contribution in [0.4, 0.5) is 0 Å². The molecule has 0 aliphatic carbocycles. The molecule has 0 aromatic rings. The fourth-order valence-electron chi connectivity index (χ4n) is 14.3. The summed E-state index contributed by atoms with van der Waals surface area (Å²) in [6, 6.07) is -0.988. The molecule has 0 spiro atoms. The predicted molar refractivity (Wildman–Crippen MR) is 397 cm³/mol. The van der Waals surface area contributed by atoms with E-state index in [0.717, 1.165) is 38.5 Å². The van der Waals surface area contributed by atoms with Gasteiger partial charge in [-0.25, -0.2) is 0 Å². The second kappa shape index (κ2) is 62.3. The van der Waals surface area contributed by atoms with Crippen LogP contribution in [0.2, 0.25) is 0 Å². The zero-order valence-electron chi connectivity index (χ0n) is 63.2. The van der Waals surface area contributed by atoms with Crippen LogP contribution in [0.3, 0.4) is 0 Å². The highest BCUT2D eigenvalue weighted by Crippen LogP contribution is 2.33. The number of hydrogen-bond acceptors (Lipinski definition) is 18. The number of nitrogens with one attached hydrogen (secondary N) is 1. The molecule has 1 amide bonds. The topological polar surface area (TPSA) is 307 Å². The average molecular weight is 1430 g/mol. The van der Waals surface area contributed by atoms with Gasteiger partial charge in [-0.15, -0.1) is 0 Å². The van der Waals surface area contributed by atoms with E-state index in [0.29, 0.717) is 12.8 Å². The Labute approximate surface area is 607 Å². The van der Waals surface area contributed by atoms with Gasteiger partial charge in [0.15, 0.2) is 18.9 Å². The number of aliphatic hydroxyl groups excluding tert-OH is 11. The Morgan fingerprint density at radius 1 is 0.350 bits per heavy atom. The van der Waals surface area contributed by atoms with Gasteiger partial charge in [0.1, 0.15) is 73.2 Å². The summed E-state index contributed by atoms with van der Waals surface area (Å²) >= 11 is 0. The zero-order chi connectivity index (χ0) is 72.5. The van der Waals surface area contributed by atoms with Crippen LogP contribution in [0.5, 0.6) is 0 Å². The molecular weight excluding hydrogens is 1270 g/mol. The molecule has 3 aliphatic rings. The van der Waals surface area contributed by atoms with E-state index in [9.17, 15) is 61.0 Å². The number of rotatable bonds is 67. The lowest BCUT2D eigenvalue weighted by Crippen LogP contribution is -2.66. The lowest BCUT2D eigenvalue weighted by Gasteiger charge is -2.48. The molecule has 0 saturated carbocycles. The molecule has 3 fully saturated rings. The summed E-state index contributed by atoms with van der Waals surface area (Å²) in [7, 11) is 0. The van der Waals surface area contributed by atoms with E-state index in [1.807, 2.05) is 6.08 Å². The first-order chi connectivity index (χ1) is 48.8. The molecule has 19 heteroatoms. The van der Waals surface area contributed by atoms with Gasteiger partial charge in [0.2, 0.25) is 5.91 Å². The minimum atomic E-state index is -1.98. The number of carbonyl (C=O) groups excluding carboxylic acids is 1. The van der Waals surface area contributed by atoms with Gasteiger partial charge >= 0.3 is 0 Å². The summed E-state index contributed by atoms with van der Waals surface area (Å²) in [5.41, 5.74) is 0. The number of carbonyl (C=O) groups is 1. The monoisotopic (exact) mass is 1430 g/mol. The van der Waals surface area contributed by atoms with Crippen molar-refractivity contribution in [2.24, 2.45) is 0 Å². The van der Waals surface area contributed by atoms with Gasteiger partial charge in [-0.05, 0) is 32.1 Å². The molecule has 17 unspecified atom stereocenters. The van der Waals surface area contributed by atoms with Crippen molar-refractivity contribution in [3.63, 3.8) is 0 Å². The molecule has 3 saturated heterocycles. The Bertz CT molecular complexity index is 1900. The van der Waals surface area contributed by atoms with Gasteiger partial charge < -0.3 is 89.9 Å². The standard InChI is InChI=1S/C81H153NO18/c1-3-5-7-9-11-13-15-17-19-21-23-25-27-28-29-30-31-32-33-34-35-36-37-38-40-42-44-46-48-50-52-54-56-58-65(86)64(82-69(87)59-57-55-53-51-49-47-45-43-41-39-26-24-22-20-18-16-14-12-10-8-6-4-2)63-95-79-75(93)72(90)77(67(61-84)97-79)100-81-76(94)73(91)78(68(62-85)98-81)99-80-74(92)71(89)70(88)66(60-83)96-80/h48,50,56,58,64-68,70-81,83-86,88-94H,3-47,49,51-55,57,59-63H2,1-2H3,(H,82,87)/b50-48+,58-56+. The molecule has 100 heavy (non-hydrogen) atoms. The van der Waals surface area contributed by atoms with E-state index < -0.39 is 124 Å². The van der Waals surface area contributed by atoms with E-state index in [1.54, 1.807) is 6.08 Å². The predicted octanol–water partition coefficient (Wildman–Crippen LogP) is 14.1. The molecular formula is C81H153NO18. The highest BCUT2D eigenvalue weighted by Gasteiger charge is 2.54. The van der Waals surface area contributed by atoms with E-state index in [1.165, 1.54) is 283 Å². The maximum Gasteiger partial charge on any atom is 0.220 e. The smallest absolute Gasteiger partial charge is 0.220 e. The fourth-order valence-corrected chi connectivity index (χ4v) is 14.3. The summed E-state index contributed by atoms with van der Waals surface area (Å²) in [5, 5.41) is 121. The first kappa shape index (κ1) is 92.5. The summed E-state index contributed by atoms with van der Waals surface area (Å²) in [6.45, 7) is 1.78. The molecule has 0 radical (unpaired) electrons. The third kappa shape index (κ3) is 42.0. The van der Waals surface area contributed by atoms with Crippen LogP contribution < -0.4 is 5.32 Å². The molecule has 17 atom stereocenters. The van der Waals surface area contributed by atoms with E-state index in [2.05, 4.69) is 31.3 Å². The van der Waals surface area contributed by atoms with Crippen LogP contribution in [-0.4, -0.2) is 193 Å². The molecule has 0 bridgehead atoms. The quantitative estimate of drug-likeness (QED) is 0.0199.